The zero-order chi connectivity index (χ0) is 14.3. The molecule has 0 radical (unpaired) electrons. The first-order chi connectivity index (χ1) is 9.04. The maximum absolute atomic E-state index is 11.1. The number of carboxylic acids is 1. The highest BCUT2D eigenvalue weighted by Gasteiger charge is 2.16. The highest BCUT2D eigenvalue weighted by molar-refractivity contribution is 5.73. The molecule has 0 saturated heterocycles. The lowest BCUT2D eigenvalue weighted by Crippen LogP contribution is -2.39. The molecule has 0 aliphatic rings. The number of carbonyl (C=O) groups is 1. The number of nitrogens with one attached hydrogen (secondary N) is 1. The molecule has 4 nitrogen and oxygen atoms in total. The summed E-state index contributed by atoms with van der Waals surface area (Å²) in [6.07, 6.45) is 1.54. The molecular formula is C15H24N2O2. The zero-order valence-electron chi connectivity index (χ0n) is 12.0. The van der Waals surface area contributed by atoms with Crippen molar-refractivity contribution < 1.29 is 9.90 Å². The fourth-order valence-electron chi connectivity index (χ4n) is 1.88. The normalized spacial score (nSPS) is 12.2. The van der Waals surface area contributed by atoms with Crippen LogP contribution in [-0.2, 0) is 4.79 Å². The van der Waals surface area contributed by atoms with Gasteiger partial charge in [-0.2, -0.15) is 0 Å². The number of carboxylic acid groups (broad SMARTS) is 1. The van der Waals surface area contributed by atoms with Gasteiger partial charge in [0, 0.05) is 19.3 Å². The Morgan fingerprint density at radius 2 is 2.00 bits per heavy atom. The second-order valence-electron chi connectivity index (χ2n) is 4.89. The Labute approximate surface area is 115 Å². The Balaban J connectivity index is 2.49. The van der Waals surface area contributed by atoms with Gasteiger partial charge in [-0.05, 0) is 38.4 Å². The summed E-state index contributed by atoms with van der Waals surface area (Å²) in [6.45, 7) is 5.55. The van der Waals surface area contributed by atoms with Crippen molar-refractivity contribution in [3.63, 3.8) is 0 Å². The van der Waals surface area contributed by atoms with Crippen molar-refractivity contribution >= 4 is 11.7 Å². The Bertz CT molecular complexity index is 390. The number of rotatable bonds is 8. The van der Waals surface area contributed by atoms with E-state index in [1.54, 1.807) is 0 Å². The fraction of sp³-hybridized carbons (Fsp3) is 0.533. The predicted molar refractivity (Wildman–Crippen MR) is 78.8 cm³/mol. The van der Waals surface area contributed by atoms with Gasteiger partial charge in [0.15, 0.2) is 0 Å². The second-order valence-corrected chi connectivity index (χ2v) is 4.89. The van der Waals surface area contributed by atoms with Gasteiger partial charge in [-0.1, -0.05) is 24.6 Å². The SMILES string of the molecule is CCCNC(CCN(C)c1ccc(C)cc1)C(=O)O. The molecule has 4 heteroatoms. The van der Waals surface area contributed by atoms with Gasteiger partial charge in [-0.25, -0.2) is 0 Å². The smallest absolute Gasteiger partial charge is 0.320 e. The summed E-state index contributed by atoms with van der Waals surface area (Å²) >= 11 is 0. The van der Waals surface area contributed by atoms with Gasteiger partial charge in [-0.15, -0.1) is 0 Å². The number of benzene rings is 1. The van der Waals surface area contributed by atoms with Crippen molar-refractivity contribution in [3.8, 4) is 0 Å². The first-order valence-corrected chi connectivity index (χ1v) is 6.78. The van der Waals surface area contributed by atoms with Gasteiger partial charge in [0.1, 0.15) is 6.04 Å². The fourth-order valence-corrected chi connectivity index (χ4v) is 1.88. The molecule has 1 aromatic carbocycles. The summed E-state index contributed by atoms with van der Waals surface area (Å²) in [4.78, 5) is 13.2. The monoisotopic (exact) mass is 264 g/mol. The second kappa shape index (κ2) is 7.79. The van der Waals surface area contributed by atoms with E-state index in [9.17, 15) is 4.79 Å². The van der Waals surface area contributed by atoms with Crippen LogP contribution in [0.25, 0.3) is 0 Å². The summed E-state index contributed by atoms with van der Waals surface area (Å²) in [5, 5.41) is 12.2. The highest BCUT2D eigenvalue weighted by Crippen LogP contribution is 2.13. The van der Waals surface area contributed by atoms with Gasteiger partial charge >= 0.3 is 5.97 Å². The summed E-state index contributed by atoms with van der Waals surface area (Å²) in [6, 6.07) is 7.79. The van der Waals surface area contributed by atoms with E-state index in [4.69, 9.17) is 5.11 Å². The minimum Gasteiger partial charge on any atom is -0.480 e. The third-order valence-corrected chi connectivity index (χ3v) is 3.17. The lowest BCUT2D eigenvalue weighted by Gasteiger charge is -2.22. The first kappa shape index (κ1) is 15.5. The van der Waals surface area contributed by atoms with E-state index in [2.05, 4.69) is 41.4 Å². The number of aliphatic carboxylic acids is 1. The number of hydrogen-bond acceptors (Lipinski definition) is 3. The Kier molecular flexibility index (Phi) is 6.36. The molecule has 0 fully saturated rings. The van der Waals surface area contributed by atoms with Gasteiger partial charge in [0.05, 0.1) is 0 Å². The Morgan fingerprint density at radius 3 is 2.53 bits per heavy atom. The van der Waals surface area contributed by atoms with E-state index in [-0.39, 0.29) is 0 Å². The minimum absolute atomic E-state index is 0.465. The molecule has 0 aliphatic carbocycles. The van der Waals surface area contributed by atoms with E-state index in [0.717, 1.165) is 25.2 Å². The minimum atomic E-state index is -0.772. The molecule has 0 amide bonds. The van der Waals surface area contributed by atoms with Crippen LogP contribution in [0.5, 0.6) is 0 Å². The summed E-state index contributed by atoms with van der Waals surface area (Å²) in [7, 11) is 1.99. The zero-order valence-corrected chi connectivity index (χ0v) is 12.0. The van der Waals surface area contributed by atoms with Gasteiger partial charge in [0.25, 0.3) is 0 Å². The Hall–Kier alpha value is -1.55. The standard InChI is InChI=1S/C15H24N2O2/c1-4-10-16-14(15(18)19)9-11-17(3)13-7-5-12(2)6-8-13/h5-8,14,16H,4,9-11H2,1-3H3,(H,18,19). The molecule has 1 rings (SSSR count). The molecular weight excluding hydrogens is 240 g/mol. The maximum atomic E-state index is 11.1. The van der Waals surface area contributed by atoms with Crippen LogP contribution >= 0.6 is 0 Å². The number of nitrogens with zero attached hydrogens (tertiary/aromatic N) is 1. The maximum Gasteiger partial charge on any atom is 0.320 e. The number of hydrogen-bond donors (Lipinski definition) is 2. The Morgan fingerprint density at radius 1 is 1.37 bits per heavy atom. The van der Waals surface area contributed by atoms with Crippen molar-refractivity contribution in [1.29, 1.82) is 0 Å². The van der Waals surface area contributed by atoms with E-state index in [1.165, 1.54) is 5.56 Å². The third-order valence-electron chi connectivity index (χ3n) is 3.17. The van der Waals surface area contributed by atoms with Gasteiger partial charge in [0.2, 0.25) is 0 Å². The van der Waals surface area contributed by atoms with E-state index in [1.807, 2.05) is 14.0 Å². The molecule has 0 heterocycles. The van der Waals surface area contributed by atoms with Crippen LogP contribution in [0.15, 0.2) is 24.3 Å². The average molecular weight is 264 g/mol. The van der Waals surface area contributed by atoms with E-state index < -0.39 is 12.0 Å². The number of aryl methyl sites for hydroxylation is 1. The number of anilines is 1. The van der Waals surface area contributed by atoms with Crippen molar-refractivity contribution in [2.45, 2.75) is 32.7 Å². The van der Waals surface area contributed by atoms with Crippen molar-refractivity contribution in [1.82, 2.24) is 5.32 Å². The lowest BCUT2D eigenvalue weighted by atomic mass is 10.1. The van der Waals surface area contributed by atoms with Crippen LogP contribution in [0.2, 0.25) is 0 Å². The molecule has 106 valence electrons. The topological polar surface area (TPSA) is 52.6 Å². The highest BCUT2D eigenvalue weighted by atomic mass is 16.4. The largest absolute Gasteiger partial charge is 0.480 e. The van der Waals surface area contributed by atoms with Crippen molar-refractivity contribution in [2.24, 2.45) is 0 Å². The van der Waals surface area contributed by atoms with Crippen LogP contribution in [0.4, 0.5) is 5.69 Å². The molecule has 1 unspecified atom stereocenters. The molecule has 2 N–H and O–H groups in total. The van der Waals surface area contributed by atoms with Crippen LogP contribution in [0.1, 0.15) is 25.3 Å². The summed E-state index contributed by atoms with van der Waals surface area (Å²) < 4.78 is 0. The molecule has 0 aliphatic heterocycles. The van der Waals surface area contributed by atoms with Crippen LogP contribution in [0.3, 0.4) is 0 Å². The average Bonchev–Trinajstić information content (AvgIpc) is 2.39. The van der Waals surface area contributed by atoms with Crippen LogP contribution < -0.4 is 10.2 Å². The molecule has 1 aromatic rings. The molecule has 0 spiro atoms. The summed E-state index contributed by atoms with van der Waals surface area (Å²) in [5.41, 5.74) is 2.34. The van der Waals surface area contributed by atoms with Crippen molar-refractivity contribution in [2.75, 3.05) is 25.0 Å². The first-order valence-electron chi connectivity index (χ1n) is 6.78. The molecule has 1 atom stereocenters. The molecule has 0 aromatic heterocycles. The van der Waals surface area contributed by atoms with Gasteiger partial charge < -0.3 is 15.3 Å². The van der Waals surface area contributed by atoms with E-state index >= 15 is 0 Å². The van der Waals surface area contributed by atoms with Crippen LogP contribution in [-0.4, -0.2) is 37.3 Å². The lowest BCUT2D eigenvalue weighted by molar-refractivity contribution is -0.139. The third kappa shape index (κ3) is 5.30. The van der Waals surface area contributed by atoms with Gasteiger partial charge in [-0.3, -0.25) is 4.79 Å². The predicted octanol–water partition coefficient (Wildman–Crippen LogP) is 2.27. The van der Waals surface area contributed by atoms with Crippen molar-refractivity contribution in [3.05, 3.63) is 29.8 Å². The quantitative estimate of drug-likeness (QED) is 0.756. The molecule has 19 heavy (non-hydrogen) atoms. The summed E-state index contributed by atoms with van der Waals surface area (Å²) in [5.74, 6) is -0.772. The molecule has 0 saturated carbocycles. The van der Waals surface area contributed by atoms with E-state index in [0.29, 0.717) is 6.42 Å². The molecule has 0 bridgehead atoms. The van der Waals surface area contributed by atoms with Crippen LogP contribution in [0, 0.1) is 6.92 Å².